The molecule has 1 saturated heterocycles. The smallest absolute Gasteiger partial charge is 0.0620 e. The van der Waals surface area contributed by atoms with Crippen LogP contribution in [0, 0.1) is 0 Å². The third kappa shape index (κ3) is 1.65. The normalized spacial score (nSPS) is 24.6. The van der Waals surface area contributed by atoms with Crippen molar-refractivity contribution >= 4 is 11.8 Å². The Morgan fingerprint density at radius 3 is 2.20 bits per heavy atom. The van der Waals surface area contributed by atoms with Gasteiger partial charge in [0.15, 0.2) is 0 Å². The Balaban J connectivity index is 2.44. The summed E-state index contributed by atoms with van der Waals surface area (Å²) < 4.78 is -0.210. The molecule has 3 heteroatoms. The zero-order valence-corrected chi connectivity index (χ0v) is 6.86. The van der Waals surface area contributed by atoms with Gasteiger partial charge in [-0.3, -0.25) is 0 Å². The predicted molar refractivity (Wildman–Crippen MR) is 43.2 cm³/mol. The molecule has 0 radical (unpaired) electrons. The summed E-state index contributed by atoms with van der Waals surface area (Å²) in [6.07, 6.45) is 3.34. The molecule has 1 aliphatic heterocycles. The topological polar surface area (TPSA) is 40.5 Å². The van der Waals surface area contributed by atoms with Gasteiger partial charge in [-0.15, -0.1) is 0 Å². The van der Waals surface area contributed by atoms with E-state index in [4.69, 9.17) is 10.2 Å². The summed E-state index contributed by atoms with van der Waals surface area (Å²) in [5.74, 6) is 1.08. The molecule has 0 unspecified atom stereocenters. The zero-order chi connectivity index (χ0) is 7.45. The second-order valence-electron chi connectivity index (χ2n) is 2.80. The van der Waals surface area contributed by atoms with E-state index < -0.39 is 0 Å². The van der Waals surface area contributed by atoms with Crippen LogP contribution >= 0.6 is 11.8 Å². The summed E-state index contributed by atoms with van der Waals surface area (Å²) in [4.78, 5) is 0. The molecule has 1 fully saturated rings. The minimum absolute atomic E-state index is 0.119. The van der Waals surface area contributed by atoms with Crippen LogP contribution in [-0.4, -0.2) is 33.9 Å². The van der Waals surface area contributed by atoms with E-state index in [2.05, 4.69) is 0 Å². The van der Waals surface area contributed by atoms with E-state index >= 15 is 0 Å². The maximum Gasteiger partial charge on any atom is 0.0620 e. The molecule has 2 N–H and O–H groups in total. The van der Waals surface area contributed by atoms with Crippen molar-refractivity contribution < 1.29 is 10.2 Å². The fraction of sp³-hybridized carbons (Fsp3) is 1.00. The first-order chi connectivity index (χ1) is 4.83. The summed E-state index contributed by atoms with van der Waals surface area (Å²) in [5.41, 5.74) is 0. The third-order valence-electron chi connectivity index (χ3n) is 2.01. The van der Waals surface area contributed by atoms with E-state index in [0.29, 0.717) is 0 Å². The van der Waals surface area contributed by atoms with Gasteiger partial charge in [-0.2, -0.15) is 11.8 Å². The van der Waals surface area contributed by atoms with E-state index in [9.17, 15) is 0 Å². The van der Waals surface area contributed by atoms with Crippen LogP contribution < -0.4 is 0 Å². The highest BCUT2D eigenvalue weighted by atomic mass is 32.2. The van der Waals surface area contributed by atoms with Gasteiger partial charge in [0, 0.05) is 0 Å². The minimum Gasteiger partial charge on any atom is -0.395 e. The monoisotopic (exact) mass is 162 g/mol. The average Bonchev–Trinajstić information content (AvgIpc) is 2.06. The van der Waals surface area contributed by atoms with E-state index in [1.807, 2.05) is 0 Å². The molecule has 10 heavy (non-hydrogen) atoms. The van der Waals surface area contributed by atoms with Gasteiger partial charge in [0.05, 0.1) is 18.0 Å². The van der Waals surface area contributed by atoms with Crippen LogP contribution in [0.15, 0.2) is 0 Å². The van der Waals surface area contributed by atoms with Crippen LogP contribution in [0.4, 0.5) is 0 Å². The Labute approximate surface area is 65.6 Å². The van der Waals surface area contributed by atoms with Gasteiger partial charge in [-0.05, 0) is 18.6 Å². The number of hydrogen-bond acceptors (Lipinski definition) is 3. The fourth-order valence-corrected chi connectivity index (χ4v) is 2.46. The van der Waals surface area contributed by atoms with Crippen molar-refractivity contribution in [3.63, 3.8) is 0 Å². The summed E-state index contributed by atoms with van der Waals surface area (Å²) in [6, 6.07) is 0. The number of aliphatic hydroxyl groups is 2. The molecule has 0 aromatic carbocycles. The van der Waals surface area contributed by atoms with Crippen LogP contribution in [0.5, 0.6) is 0 Å². The van der Waals surface area contributed by atoms with E-state index in [1.165, 1.54) is 6.42 Å². The number of aliphatic hydroxyl groups excluding tert-OH is 2. The van der Waals surface area contributed by atoms with Crippen molar-refractivity contribution in [1.82, 2.24) is 0 Å². The van der Waals surface area contributed by atoms with Gasteiger partial charge in [-0.25, -0.2) is 0 Å². The maximum atomic E-state index is 8.96. The third-order valence-corrected chi connectivity index (χ3v) is 3.58. The summed E-state index contributed by atoms with van der Waals surface area (Å²) >= 11 is 1.71. The molecule has 0 amide bonds. The second-order valence-corrected chi connectivity index (χ2v) is 4.37. The van der Waals surface area contributed by atoms with E-state index in [1.54, 1.807) is 11.8 Å². The van der Waals surface area contributed by atoms with Gasteiger partial charge in [-0.1, -0.05) is 6.42 Å². The minimum atomic E-state index is -0.210. The van der Waals surface area contributed by atoms with Crippen LogP contribution in [0.25, 0.3) is 0 Å². The van der Waals surface area contributed by atoms with Gasteiger partial charge in [0.25, 0.3) is 0 Å². The van der Waals surface area contributed by atoms with Gasteiger partial charge >= 0.3 is 0 Å². The molecule has 0 aliphatic carbocycles. The number of hydrogen-bond donors (Lipinski definition) is 2. The maximum absolute atomic E-state index is 8.96. The van der Waals surface area contributed by atoms with Gasteiger partial charge in [0.1, 0.15) is 0 Å². The zero-order valence-electron chi connectivity index (χ0n) is 6.05. The molecule has 1 aliphatic rings. The van der Waals surface area contributed by atoms with Crippen molar-refractivity contribution in [2.45, 2.75) is 24.0 Å². The first kappa shape index (κ1) is 8.37. The lowest BCUT2D eigenvalue weighted by molar-refractivity contribution is 0.163. The van der Waals surface area contributed by atoms with E-state index in [-0.39, 0.29) is 18.0 Å². The molecular formula is C7H14O2S. The first-order valence-electron chi connectivity index (χ1n) is 3.69. The Kier molecular flexibility index (Phi) is 3.01. The molecule has 0 saturated carbocycles. The van der Waals surface area contributed by atoms with Crippen molar-refractivity contribution in [2.24, 2.45) is 0 Å². The van der Waals surface area contributed by atoms with Crippen molar-refractivity contribution in [3.8, 4) is 0 Å². The first-order valence-corrected chi connectivity index (χ1v) is 4.67. The lowest BCUT2D eigenvalue weighted by atomic mass is 10.0. The molecule has 60 valence electrons. The highest BCUT2D eigenvalue weighted by Crippen LogP contribution is 2.35. The molecule has 0 bridgehead atoms. The lowest BCUT2D eigenvalue weighted by Crippen LogP contribution is -2.36. The summed E-state index contributed by atoms with van der Waals surface area (Å²) in [7, 11) is 0. The van der Waals surface area contributed by atoms with Gasteiger partial charge in [0.2, 0.25) is 0 Å². The van der Waals surface area contributed by atoms with Crippen LogP contribution in [0.2, 0.25) is 0 Å². The van der Waals surface area contributed by atoms with Crippen LogP contribution in [-0.2, 0) is 0 Å². The predicted octanol–water partition coefficient (Wildman–Crippen LogP) is 0.627. The van der Waals surface area contributed by atoms with E-state index in [0.717, 1.165) is 18.6 Å². The molecule has 0 aromatic rings. The van der Waals surface area contributed by atoms with Crippen molar-refractivity contribution in [3.05, 3.63) is 0 Å². The highest BCUT2D eigenvalue weighted by Gasteiger charge is 2.30. The fourth-order valence-electron chi connectivity index (χ4n) is 1.21. The number of rotatable bonds is 2. The molecule has 0 atom stereocenters. The molecule has 1 heterocycles. The quantitative estimate of drug-likeness (QED) is 0.625. The molecule has 0 aromatic heterocycles. The van der Waals surface area contributed by atoms with Crippen LogP contribution in [0.1, 0.15) is 19.3 Å². The molecular weight excluding hydrogens is 148 g/mol. The lowest BCUT2D eigenvalue weighted by Gasteiger charge is -2.32. The Hall–Kier alpha value is 0.270. The van der Waals surface area contributed by atoms with Crippen molar-refractivity contribution in [2.75, 3.05) is 19.0 Å². The van der Waals surface area contributed by atoms with Crippen molar-refractivity contribution in [1.29, 1.82) is 0 Å². The van der Waals surface area contributed by atoms with Gasteiger partial charge < -0.3 is 10.2 Å². The molecule has 1 rings (SSSR count). The summed E-state index contributed by atoms with van der Waals surface area (Å²) in [6.45, 7) is 0.238. The summed E-state index contributed by atoms with van der Waals surface area (Å²) in [5, 5.41) is 17.9. The second kappa shape index (κ2) is 3.60. The Morgan fingerprint density at radius 1 is 1.20 bits per heavy atom. The largest absolute Gasteiger partial charge is 0.395 e. The Bertz CT molecular complexity index is 93.8. The SMILES string of the molecule is OCC1(CO)CCCCS1. The molecule has 2 nitrogen and oxygen atoms in total. The number of thioether (sulfide) groups is 1. The Morgan fingerprint density at radius 2 is 1.90 bits per heavy atom. The average molecular weight is 162 g/mol. The highest BCUT2D eigenvalue weighted by molar-refractivity contribution is 8.00. The van der Waals surface area contributed by atoms with Crippen LogP contribution in [0.3, 0.4) is 0 Å². The standard InChI is InChI=1S/C7H14O2S/c8-5-7(6-9)3-1-2-4-10-7/h8-9H,1-6H2. The molecule has 0 spiro atoms.